The third-order valence-corrected chi connectivity index (χ3v) is 4.29. The van der Waals surface area contributed by atoms with Crippen molar-refractivity contribution in [3.05, 3.63) is 54.0 Å². The van der Waals surface area contributed by atoms with E-state index >= 15 is 0 Å². The molecule has 2 rings (SSSR count). The Morgan fingerprint density at radius 3 is 2.44 bits per heavy atom. The number of halogens is 1. The largest absolute Gasteiger partial charge is 0.468 e. The highest BCUT2D eigenvalue weighted by atomic mass is 127. The second-order valence-electron chi connectivity index (χ2n) is 6.28. The number of likely N-dealkylation sites (N-methyl/N-ethyl adjacent to an activating group) is 1. The van der Waals surface area contributed by atoms with E-state index in [-0.39, 0.29) is 30.0 Å². The lowest BCUT2D eigenvalue weighted by molar-refractivity contribution is 0.265. The molecule has 6 heteroatoms. The summed E-state index contributed by atoms with van der Waals surface area (Å²) in [4.78, 5) is 6.52. The average Bonchev–Trinajstić information content (AvgIpc) is 3.09. The maximum atomic E-state index is 6.02. The van der Waals surface area contributed by atoms with E-state index in [2.05, 4.69) is 41.2 Å². The Bertz CT molecular complexity index is 638. The third-order valence-electron chi connectivity index (χ3n) is 4.29. The highest BCUT2D eigenvalue weighted by molar-refractivity contribution is 14.0. The fourth-order valence-electron chi connectivity index (χ4n) is 2.49. The van der Waals surface area contributed by atoms with Crippen LogP contribution < -0.4 is 11.1 Å². The number of anilines is 1. The summed E-state index contributed by atoms with van der Waals surface area (Å²) in [5.74, 6) is 1.86. The van der Waals surface area contributed by atoms with Gasteiger partial charge in [0, 0.05) is 5.69 Å². The summed E-state index contributed by atoms with van der Waals surface area (Å²) in [7, 11) is 4.00. The quantitative estimate of drug-likeness (QED) is 0.367. The second kappa shape index (κ2) is 10.5. The van der Waals surface area contributed by atoms with Gasteiger partial charge in [0.15, 0.2) is 5.96 Å². The van der Waals surface area contributed by atoms with Crippen LogP contribution in [0.4, 0.5) is 5.69 Å². The molecule has 3 N–H and O–H groups in total. The summed E-state index contributed by atoms with van der Waals surface area (Å²) in [6.07, 6.45) is 2.81. The van der Waals surface area contributed by atoms with Crippen LogP contribution >= 0.6 is 24.0 Å². The lowest BCUT2D eigenvalue weighted by atomic mass is 9.99. The van der Waals surface area contributed by atoms with Gasteiger partial charge in [0.1, 0.15) is 5.76 Å². The van der Waals surface area contributed by atoms with Crippen LogP contribution in [0.2, 0.25) is 0 Å². The zero-order valence-electron chi connectivity index (χ0n) is 15.4. The van der Waals surface area contributed by atoms with Gasteiger partial charge in [-0.3, -0.25) is 9.89 Å². The molecule has 0 radical (unpaired) electrons. The number of guanidine groups is 1. The molecule has 0 aliphatic heterocycles. The molecule has 0 aliphatic rings. The van der Waals surface area contributed by atoms with Crippen molar-refractivity contribution in [2.45, 2.75) is 32.2 Å². The number of nitrogens with zero attached hydrogens (tertiary/aromatic N) is 2. The van der Waals surface area contributed by atoms with E-state index in [0.717, 1.165) is 17.9 Å². The molecule has 0 saturated heterocycles. The SMILES string of the molecule is CCC(C)c1ccc(NC(N)=NCC(c2ccco2)N(C)C)cc1.I. The zero-order chi connectivity index (χ0) is 17.5. The minimum absolute atomic E-state index is 0. The molecule has 1 aromatic heterocycles. The van der Waals surface area contributed by atoms with E-state index in [0.29, 0.717) is 18.4 Å². The minimum Gasteiger partial charge on any atom is -0.468 e. The summed E-state index contributed by atoms with van der Waals surface area (Å²) in [5, 5.41) is 3.14. The van der Waals surface area contributed by atoms with Gasteiger partial charge in [0.25, 0.3) is 0 Å². The van der Waals surface area contributed by atoms with Gasteiger partial charge < -0.3 is 15.5 Å². The number of nitrogens with two attached hydrogens (primary N) is 1. The molecule has 0 amide bonds. The number of benzene rings is 1. The van der Waals surface area contributed by atoms with Gasteiger partial charge in [0.2, 0.25) is 0 Å². The number of furan rings is 1. The van der Waals surface area contributed by atoms with Gasteiger partial charge in [0.05, 0.1) is 18.8 Å². The smallest absolute Gasteiger partial charge is 0.193 e. The van der Waals surface area contributed by atoms with Crippen molar-refractivity contribution in [1.29, 1.82) is 0 Å². The first-order chi connectivity index (χ1) is 11.5. The molecule has 2 atom stereocenters. The predicted octanol–water partition coefficient (Wildman–Crippen LogP) is 4.44. The fourth-order valence-corrected chi connectivity index (χ4v) is 2.49. The molecule has 0 aliphatic carbocycles. The average molecular weight is 456 g/mol. The molecule has 1 aromatic carbocycles. The van der Waals surface area contributed by atoms with Crippen molar-refractivity contribution in [3.63, 3.8) is 0 Å². The van der Waals surface area contributed by atoms with Crippen LogP contribution in [-0.2, 0) is 0 Å². The highest BCUT2D eigenvalue weighted by Gasteiger charge is 2.16. The Kier molecular flexibility index (Phi) is 8.99. The molecule has 2 unspecified atom stereocenters. The molecule has 25 heavy (non-hydrogen) atoms. The molecule has 5 nitrogen and oxygen atoms in total. The molecule has 0 fully saturated rings. The summed E-state index contributed by atoms with van der Waals surface area (Å²) in [5.41, 5.74) is 8.31. The molecule has 0 bridgehead atoms. The number of hydrogen-bond acceptors (Lipinski definition) is 3. The lowest BCUT2D eigenvalue weighted by Crippen LogP contribution is -2.27. The van der Waals surface area contributed by atoms with Crippen molar-refractivity contribution in [3.8, 4) is 0 Å². The van der Waals surface area contributed by atoms with E-state index in [1.165, 1.54) is 5.56 Å². The summed E-state index contributed by atoms with van der Waals surface area (Å²) in [6.45, 7) is 4.96. The first-order valence-electron chi connectivity index (χ1n) is 8.38. The Morgan fingerprint density at radius 2 is 1.92 bits per heavy atom. The topological polar surface area (TPSA) is 66.8 Å². The van der Waals surface area contributed by atoms with Crippen LogP contribution in [0.25, 0.3) is 0 Å². The van der Waals surface area contributed by atoms with Crippen LogP contribution in [0.1, 0.15) is 43.6 Å². The minimum atomic E-state index is 0. The van der Waals surface area contributed by atoms with Crippen molar-refractivity contribution >= 4 is 35.6 Å². The molecule has 1 heterocycles. The number of nitrogens with one attached hydrogen (secondary N) is 1. The fraction of sp³-hybridized carbons (Fsp3) is 0.421. The number of rotatable bonds is 7. The summed E-state index contributed by atoms with van der Waals surface area (Å²) < 4.78 is 5.48. The molecular weight excluding hydrogens is 427 g/mol. The van der Waals surface area contributed by atoms with Gasteiger partial charge in [-0.2, -0.15) is 0 Å². The third kappa shape index (κ3) is 6.36. The zero-order valence-corrected chi connectivity index (χ0v) is 17.7. The van der Waals surface area contributed by atoms with Crippen molar-refractivity contribution in [1.82, 2.24) is 4.90 Å². The maximum Gasteiger partial charge on any atom is 0.193 e. The van der Waals surface area contributed by atoms with Gasteiger partial charge >= 0.3 is 0 Å². The van der Waals surface area contributed by atoms with Crippen LogP contribution in [-0.4, -0.2) is 31.5 Å². The van der Waals surface area contributed by atoms with Crippen molar-refractivity contribution < 1.29 is 4.42 Å². The van der Waals surface area contributed by atoms with Crippen molar-refractivity contribution in [2.75, 3.05) is 26.0 Å². The maximum absolute atomic E-state index is 6.02. The normalized spacial score (nSPS) is 14.0. The summed E-state index contributed by atoms with van der Waals surface area (Å²) in [6, 6.07) is 12.3. The Labute approximate surface area is 167 Å². The standard InChI is InChI=1S/C19H28N4O.HI/c1-5-14(2)15-8-10-16(11-9-15)22-19(20)21-13-17(23(3)4)18-7-6-12-24-18;/h6-12,14,17H,5,13H2,1-4H3,(H3,20,21,22);1H. The van der Waals surface area contributed by atoms with E-state index in [9.17, 15) is 0 Å². The van der Waals surface area contributed by atoms with Crippen LogP contribution in [0.15, 0.2) is 52.1 Å². The van der Waals surface area contributed by atoms with Crippen molar-refractivity contribution in [2.24, 2.45) is 10.7 Å². The molecule has 138 valence electrons. The van der Waals surface area contributed by atoms with E-state index in [1.807, 2.05) is 38.4 Å². The first-order valence-corrected chi connectivity index (χ1v) is 8.38. The molecule has 2 aromatic rings. The second-order valence-corrected chi connectivity index (χ2v) is 6.28. The van der Waals surface area contributed by atoms with Gasteiger partial charge in [-0.15, -0.1) is 24.0 Å². The monoisotopic (exact) mass is 456 g/mol. The highest BCUT2D eigenvalue weighted by Crippen LogP contribution is 2.21. The molecule has 0 spiro atoms. The van der Waals surface area contributed by atoms with E-state index in [4.69, 9.17) is 10.2 Å². The van der Waals surface area contributed by atoms with Gasteiger partial charge in [-0.1, -0.05) is 26.0 Å². The molecule has 0 saturated carbocycles. The van der Waals surface area contributed by atoms with Gasteiger partial charge in [-0.25, -0.2) is 0 Å². The predicted molar refractivity (Wildman–Crippen MR) is 116 cm³/mol. The molecular formula is C19H29IN4O. The van der Waals surface area contributed by atoms with Crippen LogP contribution in [0.5, 0.6) is 0 Å². The van der Waals surface area contributed by atoms with Crippen LogP contribution in [0, 0.1) is 0 Å². The van der Waals surface area contributed by atoms with Gasteiger partial charge in [-0.05, 0) is 56.3 Å². The number of aliphatic imine (C=N–C) groups is 1. The summed E-state index contributed by atoms with van der Waals surface area (Å²) >= 11 is 0. The lowest BCUT2D eigenvalue weighted by Gasteiger charge is -2.20. The first kappa shape index (κ1) is 21.5. The Balaban J connectivity index is 0.00000312. The van der Waals surface area contributed by atoms with Crippen LogP contribution in [0.3, 0.4) is 0 Å². The Hall–Kier alpha value is -1.54. The van der Waals surface area contributed by atoms with E-state index < -0.39 is 0 Å². The Morgan fingerprint density at radius 1 is 1.24 bits per heavy atom. The number of hydrogen-bond donors (Lipinski definition) is 2. The van der Waals surface area contributed by atoms with E-state index in [1.54, 1.807) is 6.26 Å².